The second kappa shape index (κ2) is 8.59. The molecule has 2 saturated carbocycles. The van der Waals surface area contributed by atoms with Crippen molar-refractivity contribution in [3.05, 3.63) is 58.7 Å². The summed E-state index contributed by atoms with van der Waals surface area (Å²) >= 11 is 0. The molecule has 1 aromatic carbocycles. The Morgan fingerprint density at radius 3 is 2.46 bits per heavy atom. The number of carbonyl (C=O) groups is 2. The van der Waals surface area contributed by atoms with Gasteiger partial charge in [-0.15, -0.1) is 0 Å². The first-order valence-electron chi connectivity index (χ1n) is 11.2. The van der Waals surface area contributed by atoms with Crippen LogP contribution in [0.25, 0.3) is 0 Å². The van der Waals surface area contributed by atoms with Gasteiger partial charge in [-0.2, -0.15) is 0 Å². The van der Waals surface area contributed by atoms with Gasteiger partial charge in [0.05, 0.1) is 0 Å². The predicted molar refractivity (Wildman–Crippen MR) is 113 cm³/mol. The number of aryl methyl sites for hydroxylation is 1. The molecule has 0 radical (unpaired) electrons. The van der Waals surface area contributed by atoms with Gasteiger partial charge in [0.15, 0.2) is 11.6 Å². The number of carbonyl (C=O) groups excluding carboxylic acids is 2. The highest BCUT2D eigenvalue weighted by atomic mass is 16.1. The minimum absolute atomic E-state index is 0.159. The normalized spacial score (nSPS) is 24.6. The summed E-state index contributed by atoms with van der Waals surface area (Å²) in [5.41, 5.74) is 4.35. The third kappa shape index (κ3) is 4.54. The Kier molecular flexibility index (Phi) is 5.94. The highest BCUT2D eigenvalue weighted by Gasteiger charge is 2.30. The molecular formula is C26H32O2. The fourth-order valence-electron chi connectivity index (χ4n) is 4.90. The molecule has 2 nitrogen and oxygen atoms in total. The summed E-state index contributed by atoms with van der Waals surface area (Å²) in [6.45, 7) is 2.02. The van der Waals surface area contributed by atoms with Crippen LogP contribution < -0.4 is 0 Å². The fraction of sp³-hybridized carbons (Fsp3) is 0.538. The van der Waals surface area contributed by atoms with Crippen molar-refractivity contribution < 1.29 is 9.59 Å². The molecule has 0 amide bonds. The number of allylic oxidation sites excluding steroid dienone is 4. The Bertz CT molecular complexity index is 801. The average molecular weight is 377 g/mol. The van der Waals surface area contributed by atoms with E-state index in [9.17, 15) is 9.59 Å². The molecule has 3 aliphatic rings. The summed E-state index contributed by atoms with van der Waals surface area (Å²) in [6.07, 6.45) is 15.1. The lowest BCUT2D eigenvalue weighted by Crippen LogP contribution is -2.23. The van der Waals surface area contributed by atoms with Gasteiger partial charge in [0, 0.05) is 17.9 Å². The number of ketones is 2. The lowest BCUT2D eigenvalue weighted by molar-refractivity contribution is -0.115. The van der Waals surface area contributed by atoms with Crippen LogP contribution in [0.1, 0.15) is 80.1 Å². The summed E-state index contributed by atoms with van der Waals surface area (Å²) in [6, 6.07) is 7.94. The molecule has 0 heterocycles. The minimum Gasteiger partial charge on any atom is -0.295 e. The van der Waals surface area contributed by atoms with Gasteiger partial charge in [-0.25, -0.2) is 0 Å². The molecule has 3 aliphatic carbocycles. The third-order valence-corrected chi connectivity index (χ3v) is 6.95. The standard InChI is InChI=1S/C26H32O2/c1-18-5-2-3-7-24(18)26(28)21-13-11-20(12-14-21)22-15-16-23(17-22)25(27)8-4-6-19-9-10-19/h2-3,5,7,15,17,19-21H,4,6,8-14,16H2,1H3. The average Bonchev–Trinajstić information content (AvgIpc) is 3.40. The van der Waals surface area contributed by atoms with E-state index in [1.165, 1.54) is 24.8 Å². The van der Waals surface area contributed by atoms with Gasteiger partial charge in [0.2, 0.25) is 0 Å². The lowest BCUT2D eigenvalue weighted by atomic mass is 9.75. The maximum absolute atomic E-state index is 12.9. The van der Waals surface area contributed by atoms with E-state index in [0.29, 0.717) is 17.5 Å². The lowest BCUT2D eigenvalue weighted by Gasteiger charge is -2.28. The zero-order valence-corrected chi connectivity index (χ0v) is 17.1. The molecule has 0 bridgehead atoms. The van der Waals surface area contributed by atoms with Crippen LogP contribution in [-0.2, 0) is 4.79 Å². The number of rotatable bonds is 8. The topological polar surface area (TPSA) is 34.1 Å². The molecule has 0 N–H and O–H groups in total. The van der Waals surface area contributed by atoms with E-state index in [1.54, 1.807) is 0 Å². The Morgan fingerprint density at radius 2 is 1.75 bits per heavy atom. The summed E-state index contributed by atoms with van der Waals surface area (Å²) < 4.78 is 0. The summed E-state index contributed by atoms with van der Waals surface area (Å²) in [5.74, 6) is 2.27. The van der Waals surface area contributed by atoms with Crippen LogP contribution >= 0.6 is 0 Å². The molecule has 2 fully saturated rings. The zero-order valence-electron chi connectivity index (χ0n) is 17.1. The van der Waals surface area contributed by atoms with Crippen molar-refractivity contribution >= 4 is 11.6 Å². The van der Waals surface area contributed by atoms with E-state index in [4.69, 9.17) is 0 Å². The molecule has 0 saturated heterocycles. The monoisotopic (exact) mass is 376 g/mol. The van der Waals surface area contributed by atoms with Gasteiger partial charge < -0.3 is 0 Å². The predicted octanol–water partition coefficient (Wildman–Crippen LogP) is 6.39. The molecule has 148 valence electrons. The third-order valence-electron chi connectivity index (χ3n) is 6.95. The first kappa shape index (κ1) is 19.4. The Hall–Kier alpha value is -1.96. The number of hydrogen-bond donors (Lipinski definition) is 0. The van der Waals surface area contributed by atoms with E-state index < -0.39 is 0 Å². The van der Waals surface area contributed by atoms with E-state index in [0.717, 1.165) is 67.6 Å². The van der Waals surface area contributed by atoms with Crippen molar-refractivity contribution in [2.75, 3.05) is 0 Å². The summed E-state index contributed by atoms with van der Waals surface area (Å²) in [5, 5.41) is 0. The quantitative estimate of drug-likeness (QED) is 0.493. The van der Waals surface area contributed by atoms with E-state index in [-0.39, 0.29) is 5.92 Å². The molecule has 4 rings (SSSR count). The van der Waals surface area contributed by atoms with Crippen LogP contribution in [0, 0.1) is 24.7 Å². The van der Waals surface area contributed by atoms with E-state index >= 15 is 0 Å². The Labute approximate surface area is 169 Å². The van der Waals surface area contributed by atoms with Crippen molar-refractivity contribution in [1.29, 1.82) is 0 Å². The van der Waals surface area contributed by atoms with Crippen molar-refractivity contribution in [2.45, 2.75) is 71.1 Å². The minimum atomic E-state index is 0.159. The molecule has 0 aromatic heterocycles. The summed E-state index contributed by atoms with van der Waals surface area (Å²) in [7, 11) is 0. The van der Waals surface area contributed by atoms with Gasteiger partial charge >= 0.3 is 0 Å². The second-order valence-electron chi connectivity index (χ2n) is 9.06. The van der Waals surface area contributed by atoms with Crippen LogP contribution in [0.3, 0.4) is 0 Å². The fourth-order valence-corrected chi connectivity index (χ4v) is 4.90. The molecule has 28 heavy (non-hydrogen) atoms. The van der Waals surface area contributed by atoms with Crippen molar-refractivity contribution in [1.82, 2.24) is 0 Å². The van der Waals surface area contributed by atoms with Gasteiger partial charge in [0.25, 0.3) is 0 Å². The van der Waals surface area contributed by atoms with E-state index in [1.807, 2.05) is 31.2 Å². The van der Waals surface area contributed by atoms with Crippen molar-refractivity contribution in [3.8, 4) is 0 Å². The first-order chi connectivity index (χ1) is 13.6. The maximum atomic E-state index is 12.9. The van der Waals surface area contributed by atoms with Crippen LogP contribution in [0.5, 0.6) is 0 Å². The highest BCUT2D eigenvalue weighted by molar-refractivity contribution is 5.99. The zero-order chi connectivity index (χ0) is 19.5. The van der Waals surface area contributed by atoms with Gasteiger partial charge in [0.1, 0.15) is 0 Å². The van der Waals surface area contributed by atoms with Crippen molar-refractivity contribution in [3.63, 3.8) is 0 Å². The van der Waals surface area contributed by atoms with Crippen LogP contribution in [0.2, 0.25) is 0 Å². The molecular weight excluding hydrogens is 344 g/mol. The highest BCUT2D eigenvalue weighted by Crippen LogP contribution is 2.39. The first-order valence-corrected chi connectivity index (χ1v) is 11.2. The summed E-state index contributed by atoms with van der Waals surface area (Å²) in [4.78, 5) is 25.3. The van der Waals surface area contributed by atoms with Gasteiger partial charge in [-0.1, -0.05) is 55.7 Å². The Balaban J connectivity index is 1.28. The van der Waals surface area contributed by atoms with Crippen LogP contribution in [-0.4, -0.2) is 11.6 Å². The molecule has 1 aromatic rings. The smallest absolute Gasteiger partial charge is 0.166 e. The molecule has 2 heteroatoms. The Morgan fingerprint density at radius 1 is 1.00 bits per heavy atom. The van der Waals surface area contributed by atoms with E-state index in [2.05, 4.69) is 12.2 Å². The number of Topliss-reactive ketones (excluding diaryl/α,β-unsaturated/α-hetero) is 2. The molecule has 0 aliphatic heterocycles. The largest absolute Gasteiger partial charge is 0.295 e. The maximum Gasteiger partial charge on any atom is 0.166 e. The number of hydrogen-bond acceptors (Lipinski definition) is 2. The van der Waals surface area contributed by atoms with Crippen molar-refractivity contribution in [2.24, 2.45) is 17.8 Å². The van der Waals surface area contributed by atoms with Gasteiger partial charge in [-0.05, 0) is 74.0 Å². The van der Waals surface area contributed by atoms with Crippen LogP contribution in [0.15, 0.2) is 47.6 Å². The molecule has 0 spiro atoms. The SMILES string of the molecule is Cc1ccccc1C(=O)C1CCC(C2=CCC(C(=O)CCCC3CC3)=C2)CC1. The molecule has 0 atom stereocenters. The second-order valence-corrected chi connectivity index (χ2v) is 9.06. The van der Waals surface area contributed by atoms with Crippen LogP contribution in [0.4, 0.5) is 0 Å². The van der Waals surface area contributed by atoms with Gasteiger partial charge in [-0.3, -0.25) is 9.59 Å². The number of benzene rings is 1. The molecule has 0 unspecified atom stereocenters.